The quantitative estimate of drug-likeness (QED) is 0.521. The fraction of sp³-hybridized carbons (Fsp3) is 0.286. The lowest BCUT2D eigenvalue weighted by Gasteiger charge is -2.05. The lowest BCUT2D eigenvalue weighted by molar-refractivity contribution is 0.366. The average Bonchev–Trinajstić information content (AvgIpc) is 3.36. The molecule has 1 aliphatic carbocycles. The Morgan fingerprint density at radius 1 is 1.07 bits per heavy atom. The van der Waals surface area contributed by atoms with E-state index in [1.165, 1.54) is 12.8 Å². The highest BCUT2D eigenvalue weighted by Gasteiger charge is 2.30. The summed E-state index contributed by atoms with van der Waals surface area (Å²) in [5.74, 6) is 3.77. The Morgan fingerprint density at radius 2 is 1.89 bits per heavy atom. The molecule has 1 saturated carbocycles. The van der Waals surface area contributed by atoms with Crippen LogP contribution in [0.1, 0.15) is 41.9 Å². The van der Waals surface area contributed by atoms with Gasteiger partial charge in [-0.1, -0.05) is 35.5 Å². The number of hydrogen-bond acceptors (Lipinski definition) is 5. The minimum absolute atomic E-state index is 0.547. The number of rotatable bonds is 6. The minimum Gasteiger partial charge on any atom is -0.496 e. The number of hydrogen-bond donors (Lipinski definition) is 0. The van der Waals surface area contributed by atoms with Crippen molar-refractivity contribution in [3.63, 3.8) is 0 Å². The van der Waals surface area contributed by atoms with Crippen LogP contribution >= 0.6 is 0 Å². The zero-order chi connectivity index (χ0) is 18.2. The first-order chi connectivity index (χ1) is 13.3. The number of ether oxygens (including phenoxy) is 1. The summed E-state index contributed by atoms with van der Waals surface area (Å²) in [7, 11) is 1.67. The van der Waals surface area contributed by atoms with Crippen LogP contribution in [0, 0.1) is 0 Å². The summed E-state index contributed by atoms with van der Waals surface area (Å²) in [4.78, 5) is 9.43. The Bertz CT molecular complexity index is 1090. The van der Waals surface area contributed by atoms with Crippen LogP contribution in [0.5, 0.6) is 5.75 Å². The highest BCUT2D eigenvalue weighted by molar-refractivity contribution is 5.76. The monoisotopic (exact) mass is 360 g/mol. The number of fused-ring (bicyclic) bond motifs is 1. The Hall–Kier alpha value is -3.15. The number of nitrogens with zero attached hydrogens (tertiary/aromatic N) is 4. The van der Waals surface area contributed by atoms with Crippen molar-refractivity contribution < 1.29 is 9.26 Å². The summed E-state index contributed by atoms with van der Waals surface area (Å²) < 4.78 is 13.2. The van der Waals surface area contributed by atoms with Gasteiger partial charge in [0.25, 0.3) is 0 Å². The van der Waals surface area contributed by atoms with Crippen molar-refractivity contribution in [1.29, 1.82) is 0 Å². The minimum atomic E-state index is 0.547. The topological polar surface area (TPSA) is 66.0 Å². The zero-order valence-electron chi connectivity index (χ0n) is 15.1. The molecule has 0 aliphatic heterocycles. The maximum atomic E-state index is 5.54. The summed E-state index contributed by atoms with van der Waals surface area (Å²) in [6.45, 7) is 0.547. The van der Waals surface area contributed by atoms with E-state index in [0.717, 1.165) is 28.2 Å². The SMILES string of the molecule is COc1ccccc1Cc1noc(Cn2c(C3CC3)nc3ccccc32)n1. The molecule has 0 atom stereocenters. The van der Waals surface area contributed by atoms with E-state index in [-0.39, 0.29) is 0 Å². The summed E-state index contributed by atoms with van der Waals surface area (Å²) >= 11 is 0. The van der Waals surface area contributed by atoms with Crippen LogP contribution in [0.3, 0.4) is 0 Å². The second-order valence-electron chi connectivity index (χ2n) is 6.91. The molecule has 0 radical (unpaired) electrons. The second kappa shape index (κ2) is 6.54. The highest BCUT2D eigenvalue weighted by Crippen LogP contribution is 2.40. The molecule has 1 aliphatic rings. The molecule has 6 nitrogen and oxygen atoms in total. The van der Waals surface area contributed by atoms with Gasteiger partial charge in [0.1, 0.15) is 18.1 Å². The van der Waals surface area contributed by atoms with Gasteiger partial charge in [-0.15, -0.1) is 0 Å². The predicted octanol–water partition coefficient (Wildman–Crippen LogP) is 3.94. The van der Waals surface area contributed by atoms with Crippen LogP contribution < -0.4 is 4.74 Å². The molecule has 2 aromatic heterocycles. The van der Waals surface area contributed by atoms with E-state index in [1.807, 2.05) is 36.4 Å². The predicted molar refractivity (Wildman–Crippen MR) is 101 cm³/mol. The maximum Gasteiger partial charge on any atom is 0.246 e. The van der Waals surface area contributed by atoms with Crippen LogP contribution in [0.2, 0.25) is 0 Å². The molecule has 1 fully saturated rings. The van der Waals surface area contributed by atoms with Crippen molar-refractivity contribution in [2.45, 2.75) is 31.7 Å². The van der Waals surface area contributed by atoms with Crippen LogP contribution in [-0.4, -0.2) is 26.8 Å². The molecule has 2 aromatic carbocycles. The van der Waals surface area contributed by atoms with Gasteiger partial charge in [-0.2, -0.15) is 4.98 Å². The van der Waals surface area contributed by atoms with Crippen molar-refractivity contribution >= 4 is 11.0 Å². The van der Waals surface area contributed by atoms with Crippen molar-refractivity contribution in [2.24, 2.45) is 0 Å². The number of methoxy groups -OCH3 is 1. The molecule has 0 unspecified atom stereocenters. The zero-order valence-corrected chi connectivity index (χ0v) is 15.1. The number of aromatic nitrogens is 4. The van der Waals surface area contributed by atoms with Crippen LogP contribution in [0.4, 0.5) is 0 Å². The second-order valence-corrected chi connectivity index (χ2v) is 6.91. The molecule has 0 N–H and O–H groups in total. The van der Waals surface area contributed by atoms with E-state index in [0.29, 0.717) is 30.6 Å². The van der Waals surface area contributed by atoms with E-state index >= 15 is 0 Å². The van der Waals surface area contributed by atoms with E-state index in [4.69, 9.17) is 14.2 Å². The number of imidazole rings is 1. The van der Waals surface area contributed by atoms with Gasteiger partial charge in [0.05, 0.1) is 18.1 Å². The lowest BCUT2D eigenvalue weighted by atomic mass is 10.1. The number of benzene rings is 2. The molecule has 27 heavy (non-hydrogen) atoms. The fourth-order valence-electron chi connectivity index (χ4n) is 3.49. The van der Waals surface area contributed by atoms with Crippen LogP contribution in [0.25, 0.3) is 11.0 Å². The first kappa shape index (κ1) is 16.1. The third kappa shape index (κ3) is 3.07. The molecule has 5 rings (SSSR count). The van der Waals surface area contributed by atoms with Gasteiger partial charge in [-0.25, -0.2) is 4.98 Å². The molecular formula is C21H20N4O2. The van der Waals surface area contributed by atoms with Gasteiger partial charge in [-0.05, 0) is 31.0 Å². The largest absolute Gasteiger partial charge is 0.496 e. The molecule has 4 aromatic rings. The van der Waals surface area contributed by atoms with Crippen LogP contribution in [0.15, 0.2) is 53.1 Å². The first-order valence-electron chi connectivity index (χ1n) is 9.20. The molecule has 0 amide bonds. The van der Waals surface area contributed by atoms with E-state index in [2.05, 4.69) is 26.8 Å². The molecule has 0 spiro atoms. The number of para-hydroxylation sites is 3. The van der Waals surface area contributed by atoms with Gasteiger partial charge in [0, 0.05) is 17.9 Å². The van der Waals surface area contributed by atoms with Gasteiger partial charge < -0.3 is 13.8 Å². The average molecular weight is 360 g/mol. The standard InChI is InChI=1S/C21H20N4O2/c1-26-18-9-5-2-6-15(18)12-19-23-20(27-24-19)13-25-17-8-4-3-7-16(17)22-21(25)14-10-11-14/h2-9,14H,10-13H2,1H3. The van der Waals surface area contributed by atoms with Crippen molar-refractivity contribution in [2.75, 3.05) is 7.11 Å². The first-order valence-corrected chi connectivity index (χ1v) is 9.20. The summed E-state index contributed by atoms with van der Waals surface area (Å²) in [6.07, 6.45) is 2.98. The molecule has 6 heteroatoms. The third-order valence-electron chi connectivity index (χ3n) is 4.97. The normalized spacial score (nSPS) is 14.0. The Balaban J connectivity index is 1.43. The van der Waals surface area contributed by atoms with Crippen molar-refractivity contribution in [1.82, 2.24) is 19.7 Å². The van der Waals surface area contributed by atoms with E-state index in [1.54, 1.807) is 7.11 Å². The van der Waals surface area contributed by atoms with Gasteiger partial charge in [0.2, 0.25) is 5.89 Å². The van der Waals surface area contributed by atoms with Crippen LogP contribution in [-0.2, 0) is 13.0 Å². The lowest BCUT2D eigenvalue weighted by Crippen LogP contribution is -2.05. The van der Waals surface area contributed by atoms with Gasteiger partial charge >= 0.3 is 0 Å². The Morgan fingerprint density at radius 3 is 2.74 bits per heavy atom. The summed E-state index contributed by atoms with van der Waals surface area (Å²) in [5, 5.41) is 4.16. The fourth-order valence-corrected chi connectivity index (χ4v) is 3.49. The Labute approximate surface area is 156 Å². The van der Waals surface area contributed by atoms with Crippen molar-refractivity contribution in [3.05, 3.63) is 71.6 Å². The molecule has 0 saturated heterocycles. The molecule has 2 heterocycles. The van der Waals surface area contributed by atoms with Gasteiger partial charge in [0.15, 0.2) is 5.82 Å². The highest BCUT2D eigenvalue weighted by atomic mass is 16.5. The maximum absolute atomic E-state index is 5.54. The Kier molecular flexibility index (Phi) is 3.89. The smallest absolute Gasteiger partial charge is 0.246 e. The molecule has 136 valence electrons. The third-order valence-corrected chi connectivity index (χ3v) is 4.97. The summed E-state index contributed by atoms with van der Waals surface area (Å²) in [5.41, 5.74) is 3.18. The molecule has 0 bridgehead atoms. The van der Waals surface area contributed by atoms with Gasteiger partial charge in [-0.3, -0.25) is 0 Å². The van der Waals surface area contributed by atoms with Crippen molar-refractivity contribution in [3.8, 4) is 5.75 Å². The van der Waals surface area contributed by atoms with E-state index < -0.39 is 0 Å². The van der Waals surface area contributed by atoms with E-state index in [9.17, 15) is 0 Å². The molecular weight excluding hydrogens is 340 g/mol. The summed E-state index contributed by atoms with van der Waals surface area (Å²) in [6, 6.07) is 16.1.